The van der Waals surface area contributed by atoms with Crippen molar-refractivity contribution in [3.63, 3.8) is 0 Å². The van der Waals surface area contributed by atoms with E-state index in [1.54, 1.807) is 5.57 Å². The van der Waals surface area contributed by atoms with E-state index >= 15 is 0 Å². The standard InChI is InChI=1S/C18H27N/c1-13-5-7-18(8-6-13)16(4)19-12-17-10-14(2)9-15(3)11-17/h5-9,14,16-17,19H,10-12H2,1-4H3/t14?,16-,17?/m1/s1. The molecule has 0 saturated carbocycles. The Morgan fingerprint density at radius 3 is 2.53 bits per heavy atom. The fourth-order valence-electron chi connectivity index (χ4n) is 3.16. The molecular weight excluding hydrogens is 230 g/mol. The Bertz CT molecular complexity index is 430. The van der Waals surface area contributed by atoms with Gasteiger partial charge in [-0.2, -0.15) is 0 Å². The summed E-state index contributed by atoms with van der Waals surface area (Å²) >= 11 is 0. The van der Waals surface area contributed by atoms with Crippen LogP contribution in [-0.4, -0.2) is 6.54 Å². The predicted octanol–water partition coefficient (Wildman–Crippen LogP) is 4.64. The highest BCUT2D eigenvalue weighted by Gasteiger charge is 2.18. The lowest BCUT2D eigenvalue weighted by Crippen LogP contribution is -2.28. The van der Waals surface area contributed by atoms with Crippen molar-refractivity contribution in [1.82, 2.24) is 5.32 Å². The molecule has 1 heteroatoms. The SMILES string of the molecule is CC1=CC(C)CC(CN[C@H](C)c2ccc(C)cc2)C1. The van der Waals surface area contributed by atoms with Gasteiger partial charge in [0.15, 0.2) is 0 Å². The average Bonchev–Trinajstić information content (AvgIpc) is 2.36. The van der Waals surface area contributed by atoms with Crippen LogP contribution in [0.5, 0.6) is 0 Å². The molecule has 1 aromatic rings. The first kappa shape index (κ1) is 14.3. The van der Waals surface area contributed by atoms with Crippen molar-refractivity contribution in [2.75, 3.05) is 6.54 Å². The molecule has 0 radical (unpaired) electrons. The normalized spacial score (nSPS) is 24.9. The van der Waals surface area contributed by atoms with Gasteiger partial charge in [-0.3, -0.25) is 0 Å². The van der Waals surface area contributed by atoms with Crippen molar-refractivity contribution in [2.45, 2.75) is 46.6 Å². The molecule has 2 rings (SSSR count). The van der Waals surface area contributed by atoms with Gasteiger partial charge in [0.25, 0.3) is 0 Å². The number of rotatable bonds is 4. The number of allylic oxidation sites excluding steroid dienone is 2. The number of nitrogens with one attached hydrogen (secondary N) is 1. The first-order valence-electron chi connectivity index (χ1n) is 7.52. The Balaban J connectivity index is 1.85. The second-order valence-corrected chi connectivity index (χ2v) is 6.34. The first-order valence-corrected chi connectivity index (χ1v) is 7.52. The van der Waals surface area contributed by atoms with Crippen LogP contribution in [0.2, 0.25) is 0 Å². The van der Waals surface area contributed by atoms with E-state index in [2.05, 4.69) is 63.4 Å². The number of hydrogen-bond acceptors (Lipinski definition) is 1. The fraction of sp³-hybridized carbons (Fsp3) is 0.556. The second kappa shape index (κ2) is 6.38. The van der Waals surface area contributed by atoms with E-state index in [1.807, 2.05) is 0 Å². The lowest BCUT2D eigenvalue weighted by atomic mass is 9.83. The minimum absolute atomic E-state index is 0.446. The van der Waals surface area contributed by atoms with Crippen molar-refractivity contribution in [1.29, 1.82) is 0 Å². The maximum atomic E-state index is 3.70. The van der Waals surface area contributed by atoms with Crippen LogP contribution in [0.1, 0.15) is 50.8 Å². The van der Waals surface area contributed by atoms with Crippen LogP contribution in [0.3, 0.4) is 0 Å². The Kier molecular flexibility index (Phi) is 4.81. The van der Waals surface area contributed by atoms with Crippen LogP contribution in [0.4, 0.5) is 0 Å². The maximum absolute atomic E-state index is 3.70. The molecule has 0 aliphatic heterocycles. The Morgan fingerprint density at radius 1 is 1.21 bits per heavy atom. The molecule has 104 valence electrons. The van der Waals surface area contributed by atoms with Gasteiger partial charge in [0.05, 0.1) is 0 Å². The zero-order chi connectivity index (χ0) is 13.8. The van der Waals surface area contributed by atoms with Gasteiger partial charge in [0.2, 0.25) is 0 Å². The molecular formula is C18H27N. The highest BCUT2D eigenvalue weighted by atomic mass is 14.9. The van der Waals surface area contributed by atoms with Crippen molar-refractivity contribution in [3.8, 4) is 0 Å². The van der Waals surface area contributed by atoms with E-state index in [-0.39, 0.29) is 0 Å². The number of hydrogen-bond donors (Lipinski definition) is 1. The first-order chi connectivity index (χ1) is 9.04. The van der Waals surface area contributed by atoms with Crippen LogP contribution < -0.4 is 5.32 Å². The molecule has 0 fully saturated rings. The summed E-state index contributed by atoms with van der Waals surface area (Å²) in [5.74, 6) is 1.54. The van der Waals surface area contributed by atoms with Gasteiger partial charge >= 0.3 is 0 Å². The Morgan fingerprint density at radius 2 is 1.89 bits per heavy atom. The van der Waals surface area contributed by atoms with E-state index in [0.717, 1.165) is 18.4 Å². The highest BCUT2D eigenvalue weighted by Crippen LogP contribution is 2.27. The molecule has 1 aromatic carbocycles. The van der Waals surface area contributed by atoms with Crippen molar-refractivity contribution in [2.24, 2.45) is 11.8 Å². The van der Waals surface area contributed by atoms with Gasteiger partial charge in [0.1, 0.15) is 0 Å². The van der Waals surface area contributed by atoms with Gasteiger partial charge in [-0.15, -0.1) is 0 Å². The molecule has 0 aromatic heterocycles. The molecule has 1 N–H and O–H groups in total. The van der Waals surface area contributed by atoms with Crippen LogP contribution in [0.25, 0.3) is 0 Å². The number of aryl methyl sites for hydroxylation is 1. The van der Waals surface area contributed by atoms with Crippen LogP contribution in [-0.2, 0) is 0 Å². The summed E-state index contributed by atoms with van der Waals surface area (Å²) in [5.41, 5.74) is 4.29. The van der Waals surface area contributed by atoms with Crippen molar-refractivity contribution >= 4 is 0 Å². The Labute approximate surface area is 118 Å². The van der Waals surface area contributed by atoms with Gasteiger partial charge in [-0.05, 0) is 57.6 Å². The lowest BCUT2D eigenvalue weighted by molar-refractivity contribution is 0.367. The van der Waals surface area contributed by atoms with E-state index in [4.69, 9.17) is 0 Å². The maximum Gasteiger partial charge on any atom is 0.0291 e. The lowest BCUT2D eigenvalue weighted by Gasteiger charge is -2.27. The third-order valence-corrected chi connectivity index (χ3v) is 4.17. The summed E-state index contributed by atoms with van der Waals surface area (Å²) in [6.45, 7) is 10.1. The van der Waals surface area contributed by atoms with Gasteiger partial charge < -0.3 is 5.32 Å². The zero-order valence-corrected chi connectivity index (χ0v) is 12.7. The second-order valence-electron chi connectivity index (χ2n) is 6.34. The van der Waals surface area contributed by atoms with Crippen molar-refractivity contribution < 1.29 is 0 Å². The fourth-order valence-corrected chi connectivity index (χ4v) is 3.16. The van der Waals surface area contributed by atoms with E-state index in [9.17, 15) is 0 Å². The number of benzene rings is 1. The zero-order valence-electron chi connectivity index (χ0n) is 12.7. The molecule has 0 saturated heterocycles. The molecule has 1 aliphatic rings. The van der Waals surface area contributed by atoms with Crippen molar-refractivity contribution in [3.05, 3.63) is 47.0 Å². The molecule has 3 atom stereocenters. The third-order valence-electron chi connectivity index (χ3n) is 4.17. The third kappa shape index (κ3) is 4.21. The minimum atomic E-state index is 0.446. The molecule has 2 unspecified atom stereocenters. The molecule has 19 heavy (non-hydrogen) atoms. The van der Waals surface area contributed by atoms with Gasteiger partial charge in [-0.25, -0.2) is 0 Å². The van der Waals surface area contributed by atoms with Crippen LogP contribution in [0.15, 0.2) is 35.9 Å². The molecule has 0 heterocycles. The van der Waals surface area contributed by atoms with Gasteiger partial charge in [-0.1, -0.05) is 48.4 Å². The smallest absolute Gasteiger partial charge is 0.0291 e. The summed E-state index contributed by atoms with van der Waals surface area (Å²) in [5, 5.41) is 3.70. The summed E-state index contributed by atoms with van der Waals surface area (Å²) in [7, 11) is 0. The molecule has 0 amide bonds. The van der Waals surface area contributed by atoms with E-state index in [1.165, 1.54) is 24.0 Å². The summed E-state index contributed by atoms with van der Waals surface area (Å²) in [4.78, 5) is 0. The van der Waals surface area contributed by atoms with Crippen LogP contribution >= 0.6 is 0 Å². The molecule has 0 spiro atoms. The molecule has 1 nitrogen and oxygen atoms in total. The summed E-state index contributed by atoms with van der Waals surface area (Å²) in [6, 6.07) is 9.32. The minimum Gasteiger partial charge on any atom is -0.310 e. The van der Waals surface area contributed by atoms with Crippen LogP contribution in [0, 0.1) is 18.8 Å². The van der Waals surface area contributed by atoms with Gasteiger partial charge in [0, 0.05) is 6.04 Å². The summed E-state index contributed by atoms with van der Waals surface area (Å²) in [6.07, 6.45) is 5.02. The summed E-state index contributed by atoms with van der Waals surface area (Å²) < 4.78 is 0. The average molecular weight is 257 g/mol. The van der Waals surface area contributed by atoms with E-state index in [0.29, 0.717) is 6.04 Å². The largest absolute Gasteiger partial charge is 0.310 e. The molecule has 1 aliphatic carbocycles. The molecule has 0 bridgehead atoms. The predicted molar refractivity (Wildman–Crippen MR) is 83.2 cm³/mol. The monoisotopic (exact) mass is 257 g/mol. The quantitative estimate of drug-likeness (QED) is 0.775. The Hall–Kier alpha value is -1.08. The van der Waals surface area contributed by atoms with E-state index < -0.39 is 0 Å². The highest BCUT2D eigenvalue weighted by molar-refractivity contribution is 5.23. The topological polar surface area (TPSA) is 12.0 Å².